The fourth-order valence-electron chi connectivity index (χ4n) is 3.13. The lowest BCUT2D eigenvalue weighted by Gasteiger charge is -2.16. The van der Waals surface area contributed by atoms with Gasteiger partial charge >= 0.3 is 0 Å². The summed E-state index contributed by atoms with van der Waals surface area (Å²) < 4.78 is 0. The Balaban J connectivity index is 1.65. The van der Waals surface area contributed by atoms with Crippen LogP contribution in [-0.2, 0) is 17.6 Å². The van der Waals surface area contributed by atoms with E-state index in [1.54, 1.807) is 0 Å². The third-order valence-corrected chi connectivity index (χ3v) is 4.24. The third-order valence-electron chi connectivity index (χ3n) is 4.24. The number of rotatable bonds is 2. The molecule has 1 aromatic rings. The lowest BCUT2D eigenvalue weighted by atomic mass is 10.1. The zero-order valence-electron chi connectivity index (χ0n) is 11.4. The first kappa shape index (κ1) is 12.7. The summed E-state index contributed by atoms with van der Waals surface area (Å²) in [5.74, 6) is 0.125. The molecule has 1 atom stereocenters. The third kappa shape index (κ3) is 2.98. The molecule has 0 aromatic heterocycles. The van der Waals surface area contributed by atoms with Crippen LogP contribution in [0, 0.1) is 0 Å². The molecule has 1 heterocycles. The zero-order valence-corrected chi connectivity index (χ0v) is 11.4. The number of hydrogen-bond donors (Lipinski definition) is 2. The second kappa shape index (κ2) is 5.74. The van der Waals surface area contributed by atoms with Gasteiger partial charge in [-0.05, 0) is 61.9 Å². The monoisotopic (exact) mass is 258 g/mol. The first-order valence-electron chi connectivity index (χ1n) is 7.49. The highest BCUT2D eigenvalue weighted by atomic mass is 16.2. The van der Waals surface area contributed by atoms with E-state index in [1.807, 2.05) is 6.07 Å². The number of benzene rings is 1. The first-order chi connectivity index (χ1) is 9.33. The average molecular weight is 258 g/mol. The van der Waals surface area contributed by atoms with Crippen molar-refractivity contribution in [2.24, 2.45) is 0 Å². The van der Waals surface area contributed by atoms with Gasteiger partial charge in [-0.15, -0.1) is 0 Å². The van der Waals surface area contributed by atoms with E-state index in [1.165, 1.54) is 36.8 Å². The van der Waals surface area contributed by atoms with E-state index < -0.39 is 0 Å². The van der Waals surface area contributed by atoms with Crippen LogP contribution >= 0.6 is 0 Å². The SMILES string of the molecule is O=C(Nc1ccc2c(c1)CCC2)C1CCCCCN1. The van der Waals surface area contributed by atoms with Gasteiger partial charge in [-0.2, -0.15) is 0 Å². The van der Waals surface area contributed by atoms with Crippen LogP contribution in [-0.4, -0.2) is 18.5 Å². The number of anilines is 1. The van der Waals surface area contributed by atoms with E-state index in [4.69, 9.17) is 0 Å². The van der Waals surface area contributed by atoms with Crippen LogP contribution in [0.15, 0.2) is 18.2 Å². The zero-order chi connectivity index (χ0) is 13.1. The maximum atomic E-state index is 12.2. The fraction of sp³-hybridized carbons (Fsp3) is 0.562. The van der Waals surface area contributed by atoms with Crippen molar-refractivity contribution >= 4 is 11.6 Å². The molecule has 0 bridgehead atoms. The maximum Gasteiger partial charge on any atom is 0.241 e. The molecule has 0 spiro atoms. The minimum absolute atomic E-state index is 0.0178. The van der Waals surface area contributed by atoms with Crippen LogP contribution in [0.2, 0.25) is 0 Å². The number of carbonyl (C=O) groups is 1. The number of fused-ring (bicyclic) bond motifs is 1. The van der Waals surface area contributed by atoms with Gasteiger partial charge in [0.05, 0.1) is 6.04 Å². The van der Waals surface area contributed by atoms with Crippen molar-refractivity contribution in [2.45, 2.75) is 51.0 Å². The van der Waals surface area contributed by atoms with E-state index in [-0.39, 0.29) is 11.9 Å². The standard InChI is InChI=1S/C16H22N2O/c19-16(15-7-2-1-3-10-17-15)18-14-9-8-12-5-4-6-13(12)11-14/h8-9,11,15,17H,1-7,10H2,(H,18,19). The van der Waals surface area contributed by atoms with E-state index in [0.717, 1.165) is 31.5 Å². The van der Waals surface area contributed by atoms with Crippen molar-refractivity contribution in [3.8, 4) is 0 Å². The highest BCUT2D eigenvalue weighted by molar-refractivity contribution is 5.95. The highest BCUT2D eigenvalue weighted by Gasteiger charge is 2.20. The molecule has 1 aromatic carbocycles. The molecule has 1 amide bonds. The van der Waals surface area contributed by atoms with Gasteiger partial charge < -0.3 is 10.6 Å². The van der Waals surface area contributed by atoms with Crippen LogP contribution in [0.3, 0.4) is 0 Å². The van der Waals surface area contributed by atoms with Crippen molar-refractivity contribution in [1.82, 2.24) is 5.32 Å². The van der Waals surface area contributed by atoms with Gasteiger partial charge in [0.2, 0.25) is 5.91 Å². The van der Waals surface area contributed by atoms with Crippen LogP contribution in [0.4, 0.5) is 5.69 Å². The van der Waals surface area contributed by atoms with Gasteiger partial charge in [-0.3, -0.25) is 4.79 Å². The van der Waals surface area contributed by atoms with Crippen LogP contribution in [0.25, 0.3) is 0 Å². The van der Waals surface area contributed by atoms with Gasteiger partial charge in [-0.25, -0.2) is 0 Å². The minimum Gasteiger partial charge on any atom is -0.325 e. The number of amides is 1. The normalized spacial score (nSPS) is 22.6. The van der Waals surface area contributed by atoms with Gasteiger partial charge in [0.1, 0.15) is 0 Å². The largest absolute Gasteiger partial charge is 0.325 e. The van der Waals surface area contributed by atoms with Crippen molar-refractivity contribution in [2.75, 3.05) is 11.9 Å². The minimum atomic E-state index is -0.0178. The Kier molecular flexibility index (Phi) is 3.83. The summed E-state index contributed by atoms with van der Waals surface area (Å²) in [6.07, 6.45) is 8.11. The Morgan fingerprint density at radius 3 is 2.95 bits per heavy atom. The Bertz CT molecular complexity index is 462. The van der Waals surface area contributed by atoms with Crippen LogP contribution in [0.5, 0.6) is 0 Å². The summed E-state index contributed by atoms with van der Waals surface area (Å²) in [4.78, 5) is 12.2. The Hall–Kier alpha value is -1.35. The van der Waals surface area contributed by atoms with Gasteiger partial charge in [0, 0.05) is 5.69 Å². The Morgan fingerprint density at radius 2 is 2.00 bits per heavy atom. The molecular weight excluding hydrogens is 236 g/mol. The first-order valence-corrected chi connectivity index (χ1v) is 7.49. The summed E-state index contributed by atoms with van der Waals surface area (Å²) in [6, 6.07) is 6.34. The molecular formula is C16H22N2O. The van der Waals surface area contributed by atoms with E-state index in [2.05, 4.69) is 22.8 Å². The average Bonchev–Trinajstić information content (AvgIpc) is 2.71. The van der Waals surface area contributed by atoms with E-state index in [9.17, 15) is 4.79 Å². The molecule has 2 N–H and O–H groups in total. The molecule has 1 unspecified atom stereocenters. The summed E-state index contributed by atoms with van der Waals surface area (Å²) >= 11 is 0. The molecule has 3 heteroatoms. The van der Waals surface area contributed by atoms with Crippen molar-refractivity contribution in [1.29, 1.82) is 0 Å². The van der Waals surface area contributed by atoms with Crippen molar-refractivity contribution in [3.63, 3.8) is 0 Å². The molecule has 0 radical (unpaired) electrons. The number of carbonyl (C=O) groups excluding carboxylic acids is 1. The molecule has 0 saturated carbocycles. The second-order valence-corrected chi connectivity index (χ2v) is 5.68. The van der Waals surface area contributed by atoms with E-state index >= 15 is 0 Å². The lowest BCUT2D eigenvalue weighted by Crippen LogP contribution is -2.39. The smallest absolute Gasteiger partial charge is 0.241 e. The van der Waals surface area contributed by atoms with Gasteiger partial charge in [0.15, 0.2) is 0 Å². The maximum absolute atomic E-state index is 12.2. The van der Waals surface area contributed by atoms with Gasteiger partial charge in [-0.1, -0.05) is 18.9 Å². The van der Waals surface area contributed by atoms with Crippen molar-refractivity contribution < 1.29 is 4.79 Å². The molecule has 1 aliphatic heterocycles. The quantitative estimate of drug-likeness (QED) is 0.856. The second-order valence-electron chi connectivity index (χ2n) is 5.68. The molecule has 102 valence electrons. The van der Waals surface area contributed by atoms with Crippen LogP contribution in [0.1, 0.15) is 43.2 Å². The Labute approximate surface area is 114 Å². The fourth-order valence-corrected chi connectivity index (χ4v) is 3.13. The van der Waals surface area contributed by atoms with Crippen LogP contribution < -0.4 is 10.6 Å². The topological polar surface area (TPSA) is 41.1 Å². The summed E-state index contributed by atoms with van der Waals surface area (Å²) in [7, 11) is 0. The van der Waals surface area contributed by atoms with E-state index in [0.29, 0.717) is 0 Å². The lowest BCUT2D eigenvalue weighted by molar-refractivity contribution is -0.118. The molecule has 1 fully saturated rings. The Morgan fingerprint density at radius 1 is 1.11 bits per heavy atom. The molecule has 2 aliphatic rings. The molecule has 1 aliphatic carbocycles. The summed E-state index contributed by atoms with van der Waals surface area (Å²) in [6.45, 7) is 0.961. The van der Waals surface area contributed by atoms with Crippen molar-refractivity contribution in [3.05, 3.63) is 29.3 Å². The number of aryl methyl sites for hydroxylation is 2. The molecule has 3 nitrogen and oxygen atoms in total. The summed E-state index contributed by atoms with van der Waals surface area (Å²) in [5.41, 5.74) is 3.81. The number of hydrogen-bond acceptors (Lipinski definition) is 2. The summed E-state index contributed by atoms with van der Waals surface area (Å²) in [5, 5.41) is 6.41. The molecule has 19 heavy (non-hydrogen) atoms. The van der Waals surface area contributed by atoms with Gasteiger partial charge in [0.25, 0.3) is 0 Å². The predicted octanol–water partition coefficient (Wildman–Crippen LogP) is 2.65. The number of nitrogens with one attached hydrogen (secondary N) is 2. The predicted molar refractivity (Wildman–Crippen MR) is 77.4 cm³/mol. The highest BCUT2D eigenvalue weighted by Crippen LogP contribution is 2.25. The molecule has 1 saturated heterocycles. The molecule has 3 rings (SSSR count).